The van der Waals surface area contributed by atoms with Gasteiger partial charge in [-0.05, 0) is 48.5 Å². The Kier molecular flexibility index (Phi) is 6.89. The molecule has 11 heteroatoms. The molecule has 3 aromatic heterocycles. The Hall–Kier alpha value is -5.16. The molecule has 6 aromatic rings. The third-order valence-corrected chi connectivity index (χ3v) is 8.44. The first-order valence-corrected chi connectivity index (χ1v) is 15.0. The number of aromatic nitrogens is 1. The second-order valence-electron chi connectivity index (χ2n) is 9.92. The zero-order chi connectivity index (χ0) is 30.5. The molecule has 1 N–H and O–H groups in total. The molecule has 1 amide bonds. The first-order chi connectivity index (χ1) is 20.6. The number of hydrogen-bond donors (Lipinski definition) is 1. The van der Waals surface area contributed by atoms with Gasteiger partial charge in [0.05, 0.1) is 30.2 Å². The number of halogens is 1. The summed E-state index contributed by atoms with van der Waals surface area (Å²) in [5.41, 5.74) is 3.50. The number of rotatable bonds is 7. The molecule has 3 aromatic carbocycles. The van der Waals surface area contributed by atoms with Crippen LogP contribution in [0.15, 0.2) is 87.8 Å². The molecule has 0 atom stereocenters. The fraction of sp³-hybridized carbons (Fsp3) is 0.125. The number of carbonyl (C=O) groups excluding carboxylic acids is 1. The Morgan fingerprint density at radius 3 is 2.37 bits per heavy atom. The molecule has 6 rings (SSSR count). The van der Waals surface area contributed by atoms with Crippen molar-refractivity contribution in [1.82, 2.24) is 10.3 Å². The molecule has 43 heavy (non-hydrogen) atoms. The first kappa shape index (κ1) is 28.0. The molecule has 0 unspecified atom stereocenters. The van der Waals surface area contributed by atoms with Gasteiger partial charge in [0.25, 0.3) is 5.91 Å². The highest BCUT2D eigenvalue weighted by atomic mass is 32.2. The van der Waals surface area contributed by atoms with Gasteiger partial charge < -0.3 is 18.9 Å². The van der Waals surface area contributed by atoms with Crippen molar-refractivity contribution in [3.63, 3.8) is 0 Å². The largest absolute Gasteiger partial charge is 0.480 e. The van der Waals surface area contributed by atoms with Gasteiger partial charge in [0, 0.05) is 53.8 Å². The number of para-hydroxylation sites is 1. The normalized spacial score (nSPS) is 11.7. The fourth-order valence-electron chi connectivity index (χ4n) is 5.01. The number of hydrogen-bond acceptors (Lipinski definition) is 7. The molecule has 0 saturated carbocycles. The molecule has 0 spiro atoms. The van der Waals surface area contributed by atoms with Gasteiger partial charge in [-0.15, -0.1) is 0 Å². The van der Waals surface area contributed by atoms with Crippen molar-refractivity contribution in [2.45, 2.75) is 0 Å². The van der Waals surface area contributed by atoms with Gasteiger partial charge in [0.1, 0.15) is 28.5 Å². The van der Waals surface area contributed by atoms with Crippen LogP contribution in [-0.2, 0) is 10.0 Å². The zero-order valence-corrected chi connectivity index (χ0v) is 24.5. The highest BCUT2D eigenvalue weighted by Gasteiger charge is 2.26. The number of fused-ring (bicyclic) bond motifs is 2. The van der Waals surface area contributed by atoms with Gasteiger partial charge >= 0.3 is 0 Å². The minimum absolute atomic E-state index is 0.218. The lowest BCUT2D eigenvalue weighted by Crippen LogP contribution is -2.25. The lowest BCUT2D eigenvalue weighted by atomic mass is 9.98. The molecule has 0 fully saturated rings. The highest BCUT2D eigenvalue weighted by Crippen LogP contribution is 2.43. The van der Waals surface area contributed by atoms with E-state index < -0.39 is 21.7 Å². The Morgan fingerprint density at radius 2 is 1.70 bits per heavy atom. The number of methoxy groups -OCH3 is 1. The Balaban J connectivity index is 1.64. The zero-order valence-electron chi connectivity index (χ0n) is 23.6. The number of ether oxygens (including phenoxy) is 1. The summed E-state index contributed by atoms with van der Waals surface area (Å²) < 4.78 is 58.2. The summed E-state index contributed by atoms with van der Waals surface area (Å²) in [4.78, 5) is 17.7. The predicted octanol–water partition coefficient (Wildman–Crippen LogP) is 6.48. The number of sulfonamides is 1. The summed E-state index contributed by atoms with van der Waals surface area (Å²) >= 11 is 0. The minimum atomic E-state index is -3.72. The van der Waals surface area contributed by atoms with E-state index in [0.717, 1.165) is 15.9 Å². The Labute approximate surface area is 246 Å². The summed E-state index contributed by atoms with van der Waals surface area (Å²) in [7, 11) is 0.706. The maximum absolute atomic E-state index is 13.7. The molecule has 218 valence electrons. The summed E-state index contributed by atoms with van der Waals surface area (Å²) in [6, 6.07) is 20.1. The number of nitrogens with one attached hydrogen (secondary N) is 1. The van der Waals surface area contributed by atoms with Gasteiger partial charge in [-0.25, -0.2) is 17.8 Å². The van der Waals surface area contributed by atoms with Crippen LogP contribution >= 0.6 is 0 Å². The summed E-state index contributed by atoms with van der Waals surface area (Å²) in [5.74, 6) is 0.182. The summed E-state index contributed by atoms with van der Waals surface area (Å²) in [6.07, 6.45) is 2.65. The molecule has 0 aliphatic carbocycles. The van der Waals surface area contributed by atoms with Crippen LogP contribution < -0.4 is 14.4 Å². The van der Waals surface area contributed by atoms with Crippen LogP contribution in [0.3, 0.4) is 0 Å². The first-order valence-electron chi connectivity index (χ1n) is 13.1. The minimum Gasteiger partial charge on any atom is -0.480 e. The molecule has 0 radical (unpaired) electrons. The molecular weight excluding hydrogens is 573 g/mol. The van der Waals surface area contributed by atoms with Crippen molar-refractivity contribution in [3.05, 3.63) is 90.4 Å². The van der Waals surface area contributed by atoms with Crippen molar-refractivity contribution in [2.75, 3.05) is 31.8 Å². The second-order valence-corrected chi connectivity index (χ2v) is 11.9. The maximum Gasteiger partial charge on any atom is 0.255 e. The molecule has 3 heterocycles. The van der Waals surface area contributed by atoms with Crippen LogP contribution in [0.2, 0.25) is 0 Å². The fourth-order valence-corrected chi connectivity index (χ4v) is 5.52. The Bertz CT molecular complexity index is 2100. The number of benzene rings is 3. The van der Waals surface area contributed by atoms with E-state index in [1.807, 2.05) is 30.3 Å². The van der Waals surface area contributed by atoms with Crippen LogP contribution in [0.5, 0.6) is 5.88 Å². The molecule has 0 bridgehead atoms. The lowest BCUT2D eigenvalue weighted by molar-refractivity contribution is 0.0964. The van der Waals surface area contributed by atoms with Crippen molar-refractivity contribution < 1.29 is 31.2 Å². The van der Waals surface area contributed by atoms with E-state index in [1.165, 1.54) is 45.5 Å². The van der Waals surface area contributed by atoms with Crippen LogP contribution in [0.25, 0.3) is 55.7 Å². The number of nitrogens with zero attached hydrogens (tertiary/aromatic N) is 2. The van der Waals surface area contributed by atoms with E-state index in [-0.39, 0.29) is 16.9 Å². The van der Waals surface area contributed by atoms with Crippen LogP contribution in [-0.4, -0.2) is 46.8 Å². The number of amides is 1. The molecular formula is C32H26FN3O6S. The maximum atomic E-state index is 13.7. The molecule has 0 aliphatic rings. The third-order valence-electron chi connectivity index (χ3n) is 7.25. The second kappa shape index (κ2) is 10.6. The van der Waals surface area contributed by atoms with Crippen molar-refractivity contribution in [3.8, 4) is 39.7 Å². The van der Waals surface area contributed by atoms with E-state index >= 15 is 0 Å². The number of anilines is 1. The molecule has 0 saturated heterocycles. The summed E-state index contributed by atoms with van der Waals surface area (Å²) in [6.45, 7) is 0. The van der Waals surface area contributed by atoms with Gasteiger partial charge in [0.2, 0.25) is 15.9 Å². The quantitative estimate of drug-likeness (QED) is 0.223. The van der Waals surface area contributed by atoms with Crippen LogP contribution in [0.4, 0.5) is 10.1 Å². The van der Waals surface area contributed by atoms with E-state index in [4.69, 9.17) is 13.6 Å². The van der Waals surface area contributed by atoms with Gasteiger partial charge in [-0.1, -0.05) is 18.2 Å². The van der Waals surface area contributed by atoms with Crippen molar-refractivity contribution in [1.29, 1.82) is 0 Å². The van der Waals surface area contributed by atoms with Crippen molar-refractivity contribution >= 4 is 43.6 Å². The smallest absolute Gasteiger partial charge is 0.255 e. The van der Waals surface area contributed by atoms with Gasteiger partial charge in [-0.3, -0.25) is 9.10 Å². The van der Waals surface area contributed by atoms with E-state index in [2.05, 4.69) is 10.3 Å². The summed E-state index contributed by atoms with van der Waals surface area (Å²) in [5, 5.41) is 3.96. The number of furan rings is 2. The van der Waals surface area contributed by atoms with Crippen molar-refractivity contribution in [2.24, 2.45) is 0 Å². The number of carbonyl (C=O) groups is 1. The van der Waals surface area contributed by atoms with Gasteiger partial charge in [0.15, 0.2) is 0 Å². The lowest BCUT2D eigenvalue weighted by Gasteiger charge is -2.21. The standard InChI is InChI=1S/C32H26FN3O6S/c1-34-31(37)29-23-15-22(20-13-24(32(40-3)35-17-20)27-14-19-7-5-6-8-26(19)41-27)25(36(2)43(4,38)39)16-28(23)42-30(29)18-9-11-21(33)12-10-18/h5-17H,1-4H3,(H,34,37). The molecule has 9 nitrogen and oxygen atoms in total. The van der Waals surface area contributed by atoms with E-state index in [9.17, 15) is 17.6 Å². The predicted molar refractivity (Wildman–Crippen MR) is 163 cm³/mol. The van der Waals surface area contributed by atoms with E-state index in [0.29, 0.717) is 50.6 Å². The van der Waals surface area contributed by atoms with Crippen LogP contribution in [0, 0.1) is 5.82 Å². The average molecular weight is 600 g/mol. The third kappa shape index (κ3) is 4.97. The monoisotopic (exact) mass is 599 g/mol. The average Bonchev–Trinajstić information content (AvgIpc) is 3.61. The van der Waals surface area contributed by atoms with Crippen LogP contribution in [0.1, 0.15) is 10.4 Å². The highest BCUT2D eigenvalue weighted by molar-refractivity contribution is 7.92. The Morgan fingerprint density at radius 1 is 0.953 bits per heavy atom. The SMILES string of the molecule is CNC(=O)c1c(-c2ccc(F)cc2)oc2cc(N(C)S(C)(=O)=O)c(-c3cnc(OC)c(-c4cc5ccccc5o4)c3)cc12. The van der Waals surface area contributed by atoms with E-state index in [1.54, 1.807) is 24.4 Å². The molecule has 0 aliphatic heterocycles. The van der Waals surface area contributed by atoms with Gasteiger partial charge in [-0.2, -0.15) is 0 Å². The topological polar surface area (TPSA) is 115 Å². The number of pyridine rings is 1.